The van der Waals surface area contributed by atoms with E-state index in [1.807, 2.05) is 6.92 Å². The Labute approximate surface area is 136 Å². The summed E-state index contributed by atoms with van der Waals surface area (Å²) in [5, 5.41) is 0. The minimum atomic E-state index is -3.94. The van der Waals surface area contributed by atoms with Gasteiger partial charge in [-0.15, -0.1) is 0 Å². The second-order valence-corrected chi connectivity index (χ2v) is 8.47. The van der Waals surface area contributed by atoms with Crippen LogP contribution in [0.2, 0.25) is 0 Å². The van der Waals surface area contributed by atoms with Gasteiger partial charge in [0.1, 0.15) is 11.5 Å². The minimum Gasteiger partial charge on any atom is -0.459 e. The van der Waals surface area contributed by atoms with Gasteiger partial charge in [0.2, 0.25) is 0 Å². The Morgan fingerprint density at radius 3 is 2.30 bits per heavy atom. The first-order valence-electron chi connectivity index (χ1n) is 7.38. The van der Waals surface area contributed by atoms with Crippen molar-refractivity contribution in [1.82, 2.24) is 4.31 Å². The molecular weight excluding hydrogens is 318 g/mol. The number of benzene rings is 1. The van der Waals surface area contributed by atoms with Gasteiger partial charge >= 0.3 is 5.97 Å². The average Bonchev–Trinajstić information content (AvgIpc) is 2.80. The molecule has 0 radical (unpaired) electrons. The van der Waals surface area contributed by atoms with Gasteiger partial charge in [0, 0.05) is 6.54 Å². The van der Waals surface area contributed by atoms with E-state index in [2.05, 4.69) is 0 Å². The Morgan fingerprint density at radius 2 is 1.78 bits per heavy atom. The van der Waals surface area contributed by atoms with E-state index in [9.17, 15) is 18.0 Å². The fourth-order valence-electron chi connectivity index (χ4n) is 2.32. The van der Waals surface area contributed by atoms with Crippen LogP contribution in [0.4, 0.5) is 0 Å². The van der Waals surface area contributed by atoms with Crippen LogP contribution >= 0.6 is 0 Å². The molecule has 0 aromatic heterocycles. The molecule has 0 aliphatic carbocycles. The highest BCUT2D eigenvalue weighted by Gasteiger charge is 2.44. The summed E-state index contributed by atoms with van der Waals surface area (Å²) >= 11 is 0. The first kappa shape index (κ1) is 17.5. The van der Waals surface area contributed by atoms with E-state index in [0.717, 1.165) is 9.87 Å². The summed E-state index contributed by atoms with van der Waals surface area (Å²) in [6.45, 7) is 6.93. The quantitative estimate of drug-likeness (QED) is 0.620. The van der Waals surface area contributed by atoms with Gasteiger partial charge in [-0.25, -0.2) is 12.7 Å². The topological polar surface area (TPSA) is 80.8 Å². The SMILES string of the molecule is Cc1ccc(S(=O)(=O)N2CCC(C(=O)OC(C)(C)C)C2=O)cc1. The van der Waals surface area contributed by atoms with E-state index < -0.39 is 33.4 Å². The second-order valence-electron chi connectivity index (χ2n) is 6.60. The summed E-state index contributed by atoms with van der Waals surface area (Å²) in [5.41, 5.74) is 0.198. The number of sulfonamides is 1. The van der Waals surface area contributed by atoms with Crippen LogP contribution in [0.3, 0.4) is 0 Å². The molecule has 0 bridgehead atoms. The standard InChI is InChI=1S/C16H21NO5S/c1-11-5-7-12(8-6-11)23(20,21)17-10-9-13(14(17)18)15(19)22-16(2,3)4/h5-8,13H,9-10H2,1-4H3. The number of amides is 1. The molecule has 7 heteroatoms. The summed E-state index contributed by atoms with van der Waals surface area (Å²) in [7, 11) is -3.94. The van der Waals surface area contributed by atoms with Crippen LogP contribution in [0.1, 0.15) is 32.8 Å². The largest absolute Gasteiger partial charge is 0.459 e. The average molecular weight is 339 g/mol. The summed E-state index contributed by atoms with van der Waals surface area (Å²) in [6.07, 6.45) is 0.138. The van der Waals surface area contributed by atoms with Gasteiger partial charge in [0.25, 0.3) is 15.9 Å². The van der Waals surface area contributed by atoms with E-state index in [0.29, 0.717) is 0 Å². The molecule has 1 aromatic rings. The Morgan fingerprint density at radius 1 is 1.22 bits per heavy atom. The maximum absolute atomic E-state index is 12.6. The highest BCUT2D eigenvalue weighted by molar-refractivity contribution is 7.89. The van der Waals surface area contributed by atoms with Crippen molar-refractivity contribution in [2.24, 2.45) is 5.92 Å². The summed E-state index contributed by atoms with van der Waals surface area (Å²) in [6, 6.07) is 6.25. The van der Waals surface area contributed by atoms with Gasteiger partial charge in [-0.1, -0.05) is 17.7 Å². The maximum Gasteiger partial charge on any atom is 0.319 e. The number of carbonyl (C=O) groups excluding carboxylic acids is 2. The van der Waals surface area contributed by atoms with Crippen LogP contribution in [0.5, 0.6) is 0 Å². The normalized spacial score (nSPS) is 19.0. The van der Waals surface area contributed by atoms with Crippen LogP contribution in [-0.2, 0) is 24.3 Å². The molecule has 23 heavy (non-hydrogen) atoms. The van der Waals surface area contributed by atoms with Crippen molar-refractivity contribution < 1.29 is 22.7 Å². The molecule has 2 rings (SSSR count). The predicted molar refractivity (Wildman–Crippen MR) is 84.0 cm³/mol. The van der Waals surface area contributed by atoms with E-state index in [1.54, 1.807) is 32.9 Å². The third-order valence-corrected chi connectivity index (χ3v) is 5.28. The fourth-order valence-corrected chi connectivity index (χ4v) is 3.77. The van der Waals surface area contributed by atoms with Gasteiger partial charge in [-0.3, -0.25) is 9.59 Å². The Bertz CT molecular complexity index is 716. The van der Waals surface area contributed by atoms with Crippen molar-refractivity contribution in [3.05, 3.63) is 29.8 Å². The molecule has 6 nitrogen and oxygen atoms in total. The molecule has 1 amide bonds. The second kappa shape index (κ2) is 5.96. The van der Waals surface area contributed by atoms with Crippen molar-refractivity contribution in [3.8, 4) is 0 Å². The van der Waals surface area contributed by atoms with E-state index in [4.69, 9.17) is 4.74 Å². The van der Waals surface area contributed by atoms with Crippen molar-refractivity contribution in [2.75, 3.05) is 6.54 Å². The molecule has 0 spiro atoms. The van der Waals surface area contributed by atoms with Crippen molar-refractivity contribution in [3.63, 3.8) is 0 Å². The number of rotatable bonds is 3. The van der Waals surface area contributed by atoms with Crippen LogP contribution in [0.15, 0.2) is 29.2 Å². The van der Waals surface area contributed by atoms with E-state index in [1.165, 1.54) is 12.1 Å². The number of nitrogens with zero attached hydrogens (tertiary/aromatic N) is 1. The zero-order valence-electron chi connectivity index (χ0n) is 13.7. The third kappa shape index (κ3) is 3.72. The predicted octanol–water partition coefficient (Wildman–Crippen LogP) is 1.87. The number of hydrogen-bond acceptors (Lipinski definition) is 5. The van der Waals surface area contributed by atoms with Crippen molar-refractivity contribution >= 4 is 21.9 Å². The zero-order valence-corrected chi connectivity index (χ0v) is 14.5. The van der Waals surface area contributed by atoms with Gasteiger partial charge in [-0.05, 0) is 46.2 Å². The van der Waals surface area contributed by atoms with E-state index >= 15 is 0 Å². The number of carbonyl (C=O) groups is 2. The van der Waals surface area contributed by atoms with Gasteiger partial charge in [0.05, 0.1) is 4.90 Å². The van der Waals surface area contributed by atoms with Crippen molar-refractivity contribution in [1.29, 1.82) is 0 Å². The molecular formula is C16H21NO5S. The molecule has 1 atom stereocenters. The third-order valence-electron chi connectivity index (χ3n) is 3.47. The lowest BCUT2D eigenvalue weighted by molar-refractivity contribution is -0.161. The summed E-state index contributed by atoms with van der Waals surface area (Å²) in [5.74, 6) is -2.46. The molecule has 1 aliphatic rings. The molecule has 0 saturated carbocycles. The zero-order chi connectivity index (χ0) is 17.4. The Hall–Kier alpha value is -1.89. The summed E-state index contributed by atoms with van der Waals surface area (Å²) < 4.78 is 31.1. The molecule has 1 unspecified atom stereocenters. The highest BCUT2D eigenvalue weighted by Crippen LogP contribution is 2.27. The van der Waals surface area contributed by atoms with Gasteiger partial charge in [-0.2, -0.15) is 0 Å². The summed E-state index contributed by atoms with van der Waals surface area (Å²) in [4.78, 5) is 24.5. The minimum absolute atomic E-state index is 0.0149. The Balaban J connectivity index is 2.21. The lowest BCUT2D eigenvalue weighted by Crippen LogP contribution is -2.37. The molecule has 1 heterocycles. The van der Waals surface area contributed by atoms with E-state index in [-0.39, 0.29) is 17.9 Å². The molecule has 126 valence electrons. The number of esters is 1. The van der Waals surface area contributed by atoms with Gasteiger partial charge < -0.3 is 4.74 Å². The highest BCUT2D eigenvalue weighted by atomic mass is 32.2. The monoisotopic (exact) mass is 339 g/mol. The van der Waals surface area contributed by atoms with Crippen molar-refractivity contribution in [2.45, 2.75) is 44.6 Å². The fraction of sp³-hybridized carbons (Fsp3) is 0.500. The smallest absolute Gasteiger partial charge is 0.319 e. The molecule has 0 N–H and O–H groups in total. The van der Waals surface area contributed by atoms with Crippen LogP contribution < -0.4 is 0 Å². The molecule has 1 saturated heterocycles. The number of ether oxygens (including phenoxy) is 1. The lowest BCUT2D eigenvalue weighted by Gasteiger charge is -2.22. The van der Waals surface area contributed by atoms with Crippen LogP contribution in [0.25, 0.3) is 0 Å². The first-order chi connectivity index (χ1) is 10.5. The molecule has 1 aliphatic heterocycles. The Kier molecular flexibility index (Phi) is 4.52. The maximum atomic E-state index is 12.6. The first-order valence-corrected chi connectivity index (χ1v) is 8.82. The molecule has 1 fully saturated rings. The molecule has 1 aromatic carbocycles. The number of aryl methyl sites for hydroxylation is 1. The van der Waals surface area contributed by atoms with Crippen LogP contribution in [-0.4, -0.2) is 36.7 Å². The van der Waals surface area contributed by atoms with Crippen LogP contribution in [0, 0.1) is 12.8 Å². The lowest BCUT2D eigenvalue weighted by atomic mass is 10.1. The number of hydrogen-bond donors (Lipinski definition) is 0. The van der Waals surface area contributed by atoms with Gasteiger partial charge in [0.15, 0.2) is 0 Å².